The Hall–Kier alpha value is -2.37. The molecule has 0 saturated carbocycles. The average Bonchev–Trinajstić information content (AvgIpc) is 2.77. The summed E-state index contributed by atoms with van der Waals surface area (Å²) in [6, 6.07) is 0. The molecule has 0 aliphatic carbocycles. The molecule has 0 bridgehead atoms. The van der Waals surface area contributed by atoms with Gasteiger partial charge in [-0.2, -0.15) is 0 Å². The number of hydrogen-bond donors (Lipinski definition) is 1. The second-order valence-electron chi connectivity index (χ2n) is 3.53. The fraction of sp³-hybridized carbons (Fsp3) is 0.182. The first kappa shape index (κ1) is 11.1. The number of hydrogen-bond acceptors (Lipinski definition) is 5. The Morgan fingerprint density at radius 1 is 1.29 bits per heavy atom. The molecule has 0 aromatic carbocycles. The Morgan fingerprint density at radius 2 is 2.06 bits per heavy atom. The quantitative estimate of drug-likeness (QED) is 0.614. The molecule has 88 valence electrons. The normalized spacial score (nSPS) is 17.9. The summed E-state index contributed by atoms with van der Waals surface area (Å²) in [5.41, 5.74) is 1.49. The maximum atomic E-state index is 11.2. The summed E-state index contributed by atoms with van der Waals surface area (Å²) >= 11 is 0. The summed E-state index contributed by atoms with van der Waals surface area (Å²) < 4.78 is 4.59. The fourth-order valence-corrected chi connectivity index (χ4v) is 1.36. The van der Waals surface area contributed by atoms with Crippen molar-refractivity contribution in [2.45, 2.75) is 13.8 Å². The summed E-state index contributed by atoms with van der Waals surface area (Å²) in [6.45, 7) is 3.38. The number of aryl methyl sites for hydroxylation is 1. The van der Waals surface area contributed by atoms with Gasteiger partial charge in [-0.3, -0.25) is 0 Å². The molecule has 1 N–H and O–H groups in total. The van der Waals surface area contributed by atoms with Crippen LogP contribution in [-0.4, -0.2) is 16.8 Å². The van der Waals surface area contributed by atoms with Gasteiger partial charge in [-0.1, -0.05) is 11.2 Å². The first-order valence-corrected chi connectivity index (χ1v) is 4.92. The van der Waals surface area contributed by atoms with E-state index in [4.69, 9.17) is 0 Å². The van der Waals surface area contributed by atoms with Crippen molar-refractivity contribution in [3.05, 3.63) is 39.4 Å². The summed E-state index contributed by atoms with van der Waals surface area (Å²) in [6.07, 6.45) is 4.68. The van der Waals surface area contributed by atoms with Crippen LogP contribution in [0.5, 0.6) is 0 Å². The van der Waals surface area contributed by atoms with E-state index >= 15 is 0 Å². The summed E-state index contributed by atoms with van der Waals surface area (Å²) in [5, 5.41) is 5.99. The maximum Gasteiger partial charge on any atom is 0.367 e. The van der Waals surface area contributed by atoms with E-state index in [9.17, 15) is 9.59 Å². The molecular formula is C11H10N2O4. The molecule has 17 heavy (non-hydrogen) atoms. The lowest BCUT2D eigenvalue weighted by atomic mass is 10.1. The predicted molar refractivity (Wildman–Crippen MR) is 60.4 cm³/mol. The van der Waals surface area contributed by atoms with E-state index in [2.05, 4.69) is 19.7 Å². The lowest BCUT2D eigenvalue weighted by Crippen LogP contribution is -2.01. The second kappa shape index (κ2) is 4.25. The molecule has 6 nitrogen and oxygen atoms in total. The van der Waals surface area contributed by atoms with Crippen LogP contribution >= 0.6 is 0 Å². The Morgan fingerprint density at radius 3 is 2.59 bits per heavy atom. The first-order valence-electron chi connectivity index (χ1n) is 4.92. The van der Waals surface area contributed by atoms with Gasteiger partial charge in [0, 0.05) is 0 Å². The third-order valence-electron chi connectivity index (χ3n) is 2.32. The third kappa shape index (κ3) is 2.10. The average molecular weight is 234 g/mol. The van der Waals surface area contributed by atoms with Crippen molar-refractivity contribution in [2.24, 2.45) is 5.16 Å². The fourth-order valence-electron chi connectivity index (χ4n) is 1.36. The number of aromatic amines is 1. The Kier molecular flexibility index (Phi) is 2.78. The minimum Gasteiger partial charge on any atom is -0.338 e. The number of rotatable bonds is 2. The topological polar surface area (TPSA) is 84.7 Å². The zero-order valence-corrected chi connectivity index (χ0v) is 9.31. The molecule has 6 heteroatoms. The number of nitrogens with zero attached hydrogens (tertiary/aromatic N) is 1. The predicted octanol–water partition coefficient (Wildman–Crippen LogP) is 1.15. The zero-order valence-electron chi connectivity index (χ0n) is 9.31. The van der Waals surface area contributed by atoms with Gasteiger partial charge in [0.25, 0.3) is 0 Å². The van der Waals surface area contributed by atoms with Crippen LogP contribution in [0.3, 0.4) is 0 Å². The highest BCUT2D eigenvalue weighted by molar-refractivity contribution is 6.21. The first-order chi connectivity index (χ1) is 8.09. The Bertz CT molecular complexity index is 601. The van der Waals surface area contributed by atoms with E-state index in [1.165, 1.54) is 0 Å². The molecular weight excluding hydrogens is 224 g/mol. The number of oxime groups is 1. The highest BCUT2D eigenvalue weighted by Gasteiger charge is 2.20. The zero-order chi connectivity index (χ0) is 12.4. The molecule has 0 fully saturated rings. The van der Waals surface area contributed by atoms with E-state index in [-0.39, 0.29) is 0 Å². The minimum absolute atomic E-state index is 0.374. The van der Waals surface area contributed by atoms with Crippen LogP contribution in [-0.2, 0) is 9.63 Å². The SMILES string of the molecule is CC1=NOC(=O)C1=CC=Cc1c(C)[nH]oc1=O. The molecule has 1 aromatic rings. The lowest BCUT2D eigenvalue weighted by molar-refractivity contribution is -0.136. The molecule has 0 amide bonds. The van der Waals surface area contributed by atoms with Crippen LogP contribution in [0.15, 0.2) is 32.2 Å². The molecule has 2 rings (SSSR count). The number of H-pyrrole nitrogens is 1. The van der Waals surface area contributed by atoms with Crippen molar-refractivity contribution >= 4 is 17.8 Å². The van der Waals surface area contributed by atoms with Gasteiger partial charge in [0.15, 0.2) is 0 Å². The minimum atomic E-state index is -0.495. The van der Waals surface area contributed by atoms with Crippen LogP contribution in [0.4, 0.5) is 0 Å². The van der Waals surface area contributed by atoms with Crippen molar-refractivity contribution in [1.29, 1.82) is 0 Å². The van der Waals surface area contributed by atoms with Gasteiger partial charge in [-0.25, -0.2) is 14.7 Å². The van der Waals surface area contributed by atoms with Gasteiger partial charge >= 0.3 is 11.6 Å². The monoisotopic (exact) mass is 234 g/mol. The van der Waals surface area contributed by atoms with Gasteiger partial charge in [0.2, 0.25) is 0 Å². The third-order valence-corrected chi connectivity index (χ3v) is 2.32. The van der Waals surface area contributed by atoms with Crippen LogP contribution in [0.2, 0.25) is 0 Å². The molecule has 1 aromatic heterocycles. The summed E-state index contributed by atoms with van der Waals surface area (Å²) in [4.78, 5) is 26.9. The second-order valence-corrected chi connectivity index (χ2v) is 3.53. The highest BCUT2D eigenvalue weighted by Crippen LogP contribution is 2.11. The molecule has 0 atom stereocenters. The van der Waals surface area contributed by atoms with Crippen molar-refractivity contribution in [1.82, 2.24) is 5.16 Å². The molecule has 0 radical (unpaired) electrons. The maximum absolute atomic E-state index is 11.2. The number of nitrogens with one attached hydrogen (secondary N) is 1. The van der Waals surface area contributed by atoms with E-state index in [0.29, 0.717) is 22.5 Å². The van der Waals surface area contributed by atoms with Gasteiger partial charge in [-0.05, 0) is 26.0 Å². The summed E-state index contributed by atoms with van der Waals surface area (Å²) in [5.74, 6) is -0.495. The standard InChI is InChI=1S/C11H10N2O4/c1-6-8(10(14)16-12-6)4-3-5-9-7(2)13-17-11(9)15/h3-5,12H,1-2H3. The van der Waals surface area contributed by atoms with Gasteiger partial charge in [0.1, 0.15) is 0 Å². The number of carbonyl (C=O) groups is 1. The van der Waals surface area contributed by atoms with Crippen molar-refractivity contribution < 1.29 is 14.2 Å². The Labute approximate surface area is 96.2 Å². The van der Waals surface area contributed by atoms with E-state index in [1.807, 2.05) is 0 Å². The van der Waals surface area contributed by atoms with Crippen LogP contribution in [0.25, 0.3) is 6.08 Å². The van der Waals surface area contributed by atoms with Crippen molar-refractivity contribution in [3.63, 3.8) is 0 Å². The molecule has 2 heterocycles. The molecule has 0 saturated heterocycles. The molecule has 1 aliphatic rings. The van der Waals surface area contributed by atoms with Crippen LogP contribution < -0.4 is 5.63 Å². The van der Waals surface area contributed by atoms with E-state index < -0.39 is 11.6 Å². The van der Waals surface area contributed by atoms with Crippen molar-refractivity contribution in [2.75, 3.05) is 0 Å². The number of carbonyl (C=O) groups excluding carboxylic acids is 1. The molecule has 1 aliphatic heterocycles. The smallest absolute Gasteiger partial charge is 0.338 e. The van der Waals surface area contributed by atoms with Gasteiger partial charge in [-0.15, -0.1) is 0 Å². The van der Waals surface area contributed by atoms with Crippen molar-refractivity contribution in [3.8, 4) is 0 Å². The molecule has 0 spiro atoms. The largest absolute Gasteiger partial charge is 0.367 e. The highest BCUT2D eigenvalue weighted by atomic mass is 16.7. The Balaban J connectivity index is 2.24. The van der Waals surface area contributed by atoms with Crippen LogP contribution in [0, 0.1) is 6.92 Å². The van der Waals surface area contributed by atoms with Crippen LogP contribution in [0.1, 0.15) is 18.2 Å². The van der Waals surface area contributed by atoms with Gasteiger partial charge in [0.05, 0.1) is 22.5 Å². The van der Waals surface area contributed by atoms with E-state index in [0.717, 1.165) is 0 Å². The van der Waals surface area contributed by atoms with E-state index in [1.54, 1.807) is 32.1 Å². The lowest BCUT2D eigenvalue weighted by Gasteiger charge is -1.88. The van der Waals surface area contributed by atoms with Gasteiger partial charge < -0.3 is 9.36 Å². The number of aromatic nitrogens is 1. The number of allylic oxidation sites excluding steroid dienone is 2. The molecule has 0 unspecified atom stereocenters. The summed E-state index contributed by atoms with van der Waals surface area (Å²) in [7, 11) is 0.